The van der Waals surface area contributed by atoms with Gasteiger partial charge in [0.1, 0.15) is 0 Å². The van der Waals surface area contributed by atoms with E-state index in [0.29, 0.717) is 24.3 Å². The normalized spacial score (nSPS) is 21.9. The van der Waals surface area contributed by atoms with E-state index >= 15 is 0 Å². The molecule has 1 aliphatic rings. The maximum absolute atomic E-state index is 11.8. The fraction of sp³-hybridized carbons (Fsp3) is 0.923. The van der Waals surface area contributed by atoms with Crippen LogP contribution in [0.5, 0.6) is 0 Å². The molecule has 0 spiro atoms. The van der Waals surface area contributed by atoms with Gasteiger partial charge in [0.2, 0.25) is 5.91 Å². The highest BCUT2D eigenvalue weighted by molar-refractivity contribution is 5.80. The zero-order valence-corrected chi connectivity index (χ0v) is 11.3. The van der Waals surface area contributed by atoms with Crippen LogP contribution in [0, 0.1) is 17.8 Å². The monoisotopic (exact) mass is 226 g/mol. The molecule has 1 unspecified atom stereocenters. The Kier molecular flexibility index (Phi) is 4.78. The quantitative estimate of drug-likeness (QED) is 0.778. The number of rotatable bonds is 5. The van der Waals surface area contributed by atoms with Gasteiger partial charge in [-0.05, 0) is 24.2 Å². The molecule has 0 aromatic heterocycles. The molecule has 1 aliphatic heterocycles. The zero-order chi connectivity index (χ0) is 12.3. The average Bonchev–Trinajstić information content (AvgIpc) is 2.54. The molecular formula is C13H26N2O. The van der Waals surface area contributed by atoms with Gasteiger partial charge >= 0.3 is 0 Å². The van der Waals surface area contributed by atoms with Crippen LogP contribution in [0.2, 0.25) is 0 Å². The summed E-state index contributed by atoms with van der Waals surface area (Å²) in [4.78, 5) is 13.8. The first-order valence-electron chi connectivity index (χ1n) is 6.50. The molecule has 0 saturated carbocycles. The highest BCUT2D eigenvalue weighted by Crippen LogP contribution is 2.23. The molecule has 1 N–H and O–H groups in total. The summed E-state index contributed by atoms with van der Waals surface area (Å²) in [5, 5.41) is 3.27. The number of hydrogen-bond acceptors (Lipinski definition) is 2. The summed E-state index contributed by atoms with van der Waals surface area (Å²) in [6.45, 7) is 12.5. The van der Waals surface area contributed by atoms with E-state index in [2.05, 4.69) is 39.9 Å². The van der Waals surface area contributed by atoms with E-state index in [0.717, 1.165) is 13.0 Å². The number of carbonyl (C=O) groups excluding carboxylic acids is 1. The van der Waals surface area contributed by atoms with Crippen LogP contribution in [0.25, 0.3) is 0 Å². The Hall–Kier alpha value is -0.570. The van der Waals surface area contributed by atoms with Gasteiger partial charge in [-0.25, -0.2) is 0 Å². The standard InChI is InChI=1S/C13H26N2O/c1-6-12-14-7-13(16)15(12)8-11(9(2)3)10(4)5/h9-12,14H,6-8H2,1-5H3. The Bertz CT molecular complexity index is 230. The Morgan fingerprint density at radius 3 is 2.31 bits per heavy atom. The van der Waals surface area contributed by atoms with Crippen molar-refractivity contribution in [1.82, 2.24) is 10.2 Å². The lowest BCUT2D eigenvalue weighted by atomic mass is 9.85. The molecule has 1 saturated heterocycles. The Balaban J connectivity index is 2.65. The molecule has 0 aliphatic carbocycles. The molecule has 0 aromatic carbocycles. The SMILES string of the molecule is CCC1NCC(=O)N1CC(C(C)C)C(C)C. The molecule has 1 fully saturated rings. The highest BCUT2D eigenvalue weighted by Gasteiger charge is 2.32. The summed E-state index contributed by atoms with van der Waals surface area (Å²) >= 11 is 0. The van der Waals surface area contributed by atoms with Crippen LogP contribution in [-0.2, 0) is 4.79 Å². The number of hydrogen-bond donors (Lipinski definition) is 1. The van der Waals surface area contributed by atoms with E-state index in [9.17, 15) is 4.79 Å². The molecule has 16 heavy (non-hydrogen) atoms. The van der Waals surface area contributed by atoms with E-state index in [4.69, 9.17) is 0 Å². The van der Waals surface area contributed by atoms with Crippen molar-refractivity contribution in [3.63, 3.8) is 0 Å². The topological polar surface area (TPSA) is 32.3 Å². The molecule has 1 rings (SSSR count). The summed E-state index contributed by atoms with van der Waals surface area (Å²) in [5.74, 6) is 2.12. The summed E-state index contributed by atoms with van der Waals surface area (Å²) in [5.41, 5.74) is 0. The third-order valence-electron chi connectivity index (χ3n) is 3.69. The summed E-state index contributed by atoms with van der Waals surface area (Å²) < 4.78 is 0. The number of carbonyl (C=O) groups is 1. The minimum absolute atomic E-state index is 0.257. The zero-order valence-electron chi connectivity index (χ0n) is 11.3. The average molecular weight is 226 g/mol. The van der Waals surface area contributed by atoms with Crippen LogP contribution >= 0.6 is 0 Å². The molecule has 1 amide bonds. The van der Waals surface area contributed by atoms with Gasteiger partial charge in [-0.1, -0.05) is 34.6 Å². The van der Waals surface area contributed by atoms with Crippen molar-refractivity contribution in [2.75, 3.05) is 13.1 Å². The third-order valence-corrected chi connectivity index (χ3v) is 3.69. The van der Waals surface area contributed by atoms with Gasteiger partial charge < -0.3 is 4.90 Å². The van der Waals surface area contributed by atoms with E-state index < -0.39 is 0 Å². The van der Waals surface area contributed by atoms with Crippen LogP contribution < -0.4 is 5.32 Å². The Morgan fingerprint density at radius 2 is 1.88 bits per heavy atom. The first kappa shape index (κ1) is 13.5. The second-order valence-corrected chi connectivity index (χ2v) is 5.50. The first-order chi connectivity index (χ1) is 7.47. The lowest BCUT2D eigenvalue weighted by Crippen LogP contribution is -2.42. The number of amides is 1. The smallest absolute Gasteiger partial charge is 0.237 e. The molecular weight excluding hydrogens is 200 g/mol. The first-order valence-corrected chi connectivity index (χ1v) is 6.50. The molecule has 3 heteroatoms. The van der Waals surface area contributed by atoms with Crippen LogP contribution in [-0.4, -0.2) is 30.1 Å². The minimum Gasteiger partial charge on any atom is -0.326 e. The number of nitrogens with zero attached hydrogens (tertiary/aromatic N) is 1. The van der Waals surface area contributed by atoms with Gasteiger partial charge in [0.15, 0.2) is 0 Å². The van der Waals surface area contributed by atoms with Gasteiger partial charge in [0, 0.05) is 6.54 Å². The molecule has 1 heterocycles. The molecule has 3 nitrogen and oxygen atoms in total. The van der Waals surface area contributed by atoms with Gasteiger partial charge in [0.05, 0.1) is 12.7 Å². The van der Waals surface area contributed by atoms with Crippen molar-refractivity contribution in [3.05, 3.63) is 0 Å². The molecule has 1 atom stereocenters. The predicted octanol–water partition coefficient (Wildman–Crippen LogP) is 2.08. The van der Waals surface area contributed by atoms with Crippen LogP contribution in [0.4, 0.5) is 0 Å². The minimum atomic E-state index is 0.257. The van der Waals surface area contributed by atoms with Gasteiger partial charge in [-0.15, -0.1) is 0 Å². The molecule has 0 bridgehead atoms. The van der Waals surface area contributed by atoms with Crippen LogP contribution in [0.1, 0.15) is 41.0 Å². The Labute approximate surface area is 99.6 Å². The van der Waals surface area contributed by atoms with Gasteiger partial charge in [-0.3, -0.25) is 10.1 Å². The van der Waals surface area contributed by atoms with Crippen LogP contribution in [0.3, 0.4) is 0 Å². The van der Waals surface area contributed by atoms with Gasteiger partial charge in [-0.2, -0.15) is 0 Å². The predicted molar refractivity (Wildman–Crippen MR) is 67.0 cm³/mol. The van der Waals surface area contributed by atoms with Crippen molar-refractivity contribution < 1.29 is 4.79 Å². The fourth-order valence-electron chi connectivity index (χ4n) is 2.60. The van der Waals surface area contributed by atoms with E-state index in [1.54, 1.807) is 0 Å². The lowest BCUT2D eigenvalue weighted by Gasteiger charge is -2.32. The molecule has 0 radical (unpaired) electrons. The summed E-state index contributed by atoms with van der Waals surface area (Å²) in [7, 11) is 0. The highest BCUT2D eigenvalue weighted by atomic mass is 16.2. The van der Waals surface area contributed by atoms with Crippen LogP contribution in [0.15, 0.2) is 0 Å². The third kappa shape index (κ3) is 2.97. The summed E-state index contributed by atoms with van der Waals surface area (Å²) in [6.07, 6.45) is 1.25. The van der Waals surface area contributed by atoms with Crippen molar-refractivity contribution in [2.45, 2.75) is 47.2 Å². The van der Waals surface area contributed by atoms with Crippen molar-refractivity contribution in [2.24, 2.45) is 17.8 Å². The molecule has 94 valence electrons. The van der Waals surface area contributed by atoms with E-state index in [1.807, 2.05) is 4.90 Å². The number of nitrogens with one attached hydrogen (secondary N) is 1. The van der Waals surface area contributed by atoms with E-state index in [-0.39, 0.29) is 12.1 Å². The summed E-state index contributed by atoms with van der Waals surface area (Å²) in [6, 6.07) is 0. The Morgan fingerprint density at radius 1 is 1.31 bits per heavy atom. The lowest BCUT2D eigenvalue weighted by molar-refractivity contribution is -0.129. The fourth-order valence-corrected chi connectivity index (χ4v) is 2.60. The maximum atomic E-state index is 11.8. The molecule has 0 aromatic rings. The maximum Gasteiger partial charge on any atom is 0.237 e. The van der Waals surface area contributed by atoms with Crippen molar-refractivity contribution >= 4 is 5.91 Å². The van der Waals surface area contributed by atoms with Gasteiger partial charge in [0.25, 0.3) is 0 Å². The van der Waals surface area contributed by atoms with Crippen molar-refractivity contribution in [3.8, 4) is 0 Å². The van der Waals surface area contributed by atoms with E-state index in [1.165, 1.54) is 0 Å². The second kappa shape index (κ2) is 5.67. The van der Waals surface area contributed by atoms with Crippen molar-refractivity contribution in [1.29, 1.82) is 0 Å². The second-order valence-electron chi connectivity index (χ2n) is 5.50. The largest absolute Gasteiger partial charge is 0.326 e.